The molecule has 0 aromatic carbocycles. The maximum Gasteiger partial charge on any atom is 0.0373 e. The molecule has 1 saturated heterocycles. The largest absolute Gasteiger partial charge is 0.401 e. The SMILES string of the molecule is C=C(N)CN1CCCC1.CC.CCCCC(C)C. The van der Waals surface area contributed by atoms with E-state index in [-0.39, 0.29) is 0 Å². The summed E-state index contributed by atoms with van der Waals surface area (Å²) in [6.45, 7) is 17.7. The minimum Gasteiger partial charge on any atom is -0.401 e. The van der Waals surface area contributed by atoms with Crippen LogP contribution in [-0.4, -0.2) is 24.5 Å². The number of unbranched alkanes of at least 4 members (excludes halogenated alkanes) is 1. The summed E-state index contributed by atoms with van der Waals surface area (Å²) < 4.78 is 0. The molecule has 0 aromatic heterocycles. The molecule has 0 amide bonds. The zero-order chi connectivity index (χ0) is 14.4. The first-order valence-electron chi connectivity index (χ1n) is 7.71. The predicted octanol–water partition coefficient (Wildman–Crippen LogP) is 4.41. The lowest BCUT2D eigenvalue weighted by Gasteiger charge is -2.12. The lowest BCUT2D eigenvalue weighted by atomic mass is 10.1. The molecular formula is C16H36N2. The molecule has 0 unspecified atom stereocenters. The molecule has 1 aliphatic rings. The highest BCUT2D eigenvalue weighted by atomic mass is 15.1. The van der Waals surface area contributed by atoms with Gasteiger partial charge in [-0.25, -0.2) is 0 Å². The summed E-state index contributed by atoms with van der Waals surface area (Å²) in [5.74, 6) is 0.903. The van der Waals surface area contributed by atoms with Crippen molar-refractivity contribution in [3.8, 4) is 0 Å². The van der Waals surface area contributed by atoms with Gasteiger partial charge in [-0.2, -0.15) is 0 Å². The van der Waals surface area contributed by atoms with E-state index in [4.69, 9.17) is 5.73 Å². The number of nitrogens with two attached hydrogens (primary N) is 1. The number of hydrogen-bond acceptors (Lipinski definition) is 2. The molecule has 1 heterocycles. The van der Waals surface area contributed by atoms with E-state index >= 15 is 0 Å². The van der Waals surface area contributed by atoms with Gasteiger partial charge in [0.15, 0.2) is 0 Å². The van der Waals surface area contributed by atoms with Gasteiger partial charge in [-0.15, -0.1) is 0 Å². The van der Waals surface area contributed by atoms with E-state index in [0.717, 1.165) is 18.2 Å². The minimum absolute atomic E-state index is 0.789. The summed E-state index contributed by atoms with van der Waals surface area (Å²) in [7, 11) is 0. The van der Waals surface area contributed by atoms with E-state index in [1.54, 1.807) is 0 Å². The molecule has 18 heavy (non-hydrogen) atoms. The van der Waals surface area contributed by atoms with E-state index in [9.17, 15) is 0 Å². The van der Waals surface area contributed by atoms with Crippen molar-refractivity contribution in [2.75, 3.05) is 19.6 Å². The fourth-order valence-corrected chi connectivity index (χ4v) is 1.84. The van der Waals surface area contributed by atoms with Crippen molar-refractivity contribution in [2.45, 2.75) is 66.7 Å². The quantitative estimate of drug-likeness (QED) is 0.789. The summed E-state index contributed by atoms with van der Waals surface area (Å²) in [5, 5.41) is 0. The van der Waals surface area contributed by atoms with Crippen molar-refractivity contribution in [1.29, 1.82) is 0 Å². The summed E-state index contributed by atoms with van der Waals surface area (Å²) >= 11 is 0. The second-order valence-corrected chi connectivity index (χ2v) is 5.18. The monoisotopic (exact) mass is 256 g/mol. The van der Waals surface area contributed by atoms with Crippen LogP contribution in [0.15, 0.2) is 12.3 Å². The smallest absolute Gasteiger partial charge is 0.0373 e. The van der Waals surface area contributed by atoms with Crippen LogP contribution in [0.4, 0.5) is 0 Å². The normalized spacial score (nSPS) is 14.6. The summed E-state index contributed by atoms with van der Waals surface area (Å²) in [5.41, 5.74) is 6.22. The zero-order valence-electron chi connectivity index (χ0n) is 13.5. The summed E-state index contributed by atoms with van der Waals surface area (Å²) in [6, 6.07) is 0. The highest BCUT2D eigenvalue weighted by Gasteiger charge is 2.10. The van der Waals surface area contributed by atoms with Crippen molar-refractivity contribution < 1.29 is 0 Å². The Kier molecular flexibility index (Phi) is 16.0. The fraction of sp³-hybridized carbons (Fsp3) is 0.875. The van der Waals surface area contributed by atoms with Gasteiger partial charge in [0.1, 0.15) is 0 Å². The van der Waals surface area contributed by atoms with Crippen molar-refractivity contribution in [1.82, 2.24) is 4.90 Å². The van der Waals surface area contributed by atoms with Gasteiger partial charge in [-0.3, -0.25) is 4.90 Å². The van der Waals surface area contributed by atoms with Crippen LogP contribution in [0.25, 0.3) is 0 Å². The summed E-state index contributed by atoms with van der Waals surface area (Å²) in [6.07, 6.45) is 6.80. The topological polar surface area (TPSA) is 29.3 Å². The van der Waals surface area contributed by atoms with Gasteiger partial charge in [0.2, 0.25) is 0 Å². The lowest BCUT2D eigenvalue weighted by molar-refractivity contribution is 0.368. The average Bonchev–Trinajstić information content (AvgIpc) is 2.81. The fourth-order valence-electron chi connectivity index (χ4n) is 1.84. The van der Waals surface area contributed by atoms with Crippen molar-refractivity contribution >= 4 is 0 Å². The predicted molar refractivity (Wildman–Crippen MR) is 84.7 cm³/mol. The first-order chi connectivity index (χ1) is 8.56. The zero-order valence-corrected chi connectivity index (χ0v) is 13.5. The molecule has 110 valence electrons. The van der Waals surface area contributed by atoms with Crippen molar-refractivity contribution in [2.24, 2.45) is 11.7 Å². The van der Waals surface area contributed by atoms with Gasteiger partial charge in [0, 0.05) is 12.2 Å². The maximum atomic E-state index is 5.44. The molecular weight excluding hydrogens is 220 g/mol. The number of likely N-dealkylation sites (tertiary alicyclic amines) is 1. The molecule has 1 aliphatic heterocycles. The van der Waals surface area contributed by atoms with Gasteiger partial charge >= 0.3 is 0 Å². The van der Waals surface area contributed by atoms with Gasteiger partial charge < -0.3 is 5.73 Å². The van der Waals surface area contributed by atoms with Gasteiger partial charge in [0.05, 0.1) is 0 Å². The molecule has 2 heteroatoms. The van der Waals surface area contributed by atoms with Gasteiger partial charge in [-0.05, 0) is 31.8 Å². The Balaban J connectivity index is 0. The minimum atomic E-state index is 0.789. The van der Waals surface area contributed by atoms with Crippen LogP contribution < -0.4 is 5.73 Å². The third-order valence-electron chi connectivity index (χ3n) is 2.76. The standard InChI is InChI=1S/C7H14N2.C7H16.C2H6/c1-7(8)6-9-4-2-3-5-9;1-4-5-6-7(2)3;1-2/h1-6,8H2;7H,4-6H2,1-3H3;1-2H3. The first-order valence-corrected chi connectivity index (χ1v) is 7.71. The number of rotatable bonds is 5. The van der Waals surface area contributed by atoms with Crippen LogP contribution in [0, 0.1) is 5.92 Å². The Morgan fingerprint density at radius 1 is 1.22 bits per heavy atom. The summed E-state index contributed by atoms with van der Waals surface area (Å²) in [4.78, 5) is 2.34. The van der Waals surface area contributed by atoms with Gasteiger partial charge in [0.25, 0.3) is 0 Å². The molecule has 0 bridgehead atoms. The molecule has 0 radical (unpaired) electrons. The average molecular weight is 256 g/mol. The van der Waals surface area contributed by atoms with E-state index in [0.29, 0.717) is 0 Å². The second kappa shape index (κ2) is 14.6. The molecule has 2 N–H and O–H groups in total. The van der Waals surface area contributed by atoms with Crippen molar-refractivity contribution in [3.63, 3.8) is 0 Å². The van der Waals surface area contributed by atoms with Crippen LogP contribution in [0.2, 0.25) is 0 Å². The molecule has 0 aromatic rings. The first kappa shape index (κ1) is 19.8. The number of nitrogens with zero attached hydrogens (tertiary/aromatic N) is 1. The molecule has 0 aliphatic carbocycles. The molecule has 0 atom stereocenters. The van der Waals surface area contributed by atoms with E-state index < -0.39 is 0 Å². The van der Waals surface area contributed by atoms with E-state index in [2.05, 4.69) is 32.3 Å². The lowest BCUT2D eigenvalue weighted by Crippen LogP contribution is -2.24. The Morgan fingerprint density at radius 2 is 1.72 bits per heavy atom. The highest BCUT2D eigenvalue weighted by molar-refractivity contribution is 4.90. The molecule has 0 spiro atoms. The van der Waals surface area contributed by atoms with Crippen LogP contribution in [-0.2, 0) is 0 Å². The Hall–Kier alpha value is -0.500. The Labute approximate surface area is 116 Å². The third kappa shape index (κ3) is 15.5. The molecule has 0 saturated carbocycles. The van der Waals surface area contributed by atoms with Crippen LogP contribution in [0.1, 0.15) is 66.7 Å². The molecule has 1 fully saturated rings. The highest BCUT2D eigenvalue weighted by Crippen LogP contribution is 2.06. The van der Waals surface area contributed by atoms with Crippen molar-refractivity contribution in [3.05, 3.63) is 12.3 Å². The second-order valence-electron chi connectivity index (χ2n) is 5.18. The maximum absolute atomic E-state index is 5.44. The number of hydrogen-bond donors (Lipinski definition) is 1. The van der Waals surface area contributed by atoms with Crippen LogP contribution >= 0.6 is 0 Å². The van der Waals surface area contributed by atoms with Crippen LogP contribution in [0.5, 0.6) is 0 Å². The Bertz CT molecular complexity index is 170. The van der Waals surface area contributed by atoms with E-state index in [1.807, 2.05) is 13.8 Å². The Morgan fingerprint density at radius 3 is 2.00 bits per heavy atom. The van der Waals surface area contributed by atoms with E-state index in [1.165, 1.54) is 45.2 Å². The van der Waals surface area contributed by atoms with Gasteiger partial charge in [-0.1, -0.05) is 60.5 Å². The third-order valence-corrected chi connectivity index (χ3v) is 2.76. The molecule has 1 rings (SSSR count). The van der Waals surface area contributed by atoms with Crippen LogP contribution in [0.3, 0.4) is 0 Å². The molecule has 2 nitrogen and oxygen atoms in total.